The van der Waals surface area contributed by atoms with Crippen LogP contribution >= 0.6 is 23.2 Å². The van der Waals surface area contributed by atoms with Gasteiger partial charge in [0.05, 0.1) is 16.7 Å². The molecule has 0 fully saturated rings. The van der Waals surface area contributed by atoms with Gasteiger partial charge >= 0.3 is 5.97 Å². The zero-order valence-corrected chi connectivity index (χ0v) is 11.3. The Bertz CT molecular complexity index is 396. The lowest BCUT2D eigenvalue weighted by atomic mass is 10.2. The summed E-state index contributed by atoms with van der Waals surface area (Å²) in [4.78, 5) is 11.4. The maximum atomic E-state index is 11.4. The van der Waals surface area contributed by atoms with Gasteiger partial charge in [0.25, 0.3) is 0 Å². The van der Waals surface area contributed by atoms with Crippen molar-refractivity contribution in [3.8, 4) is 0 Å². The van der Waals surface area contributed by atoms with Crippen molar-refractivity contribution in [1.29, 1.82) is 0 Å². The SMILES string of the molecule is CCOC(=O)C(C)NCc1ccc(Cl)c(Cl)c1. The number of ether oxygens (including phenoxy) is 1. The predicted octanol–water partition coefficient (Wildman–Crippen LogP) is 3.03. The number of nitrogens with one attached hydrogen (secondary N) is 1. The Labute approximate surface area is 111 Å². The maximum absolute atomic E-state index is 11.4. The first kappa shape index (κ1) is 14.3. The van der Waals surface area contributed by atoms with Crippen LogP contribution < -0.4 is 5.32 Å². The molecule has 1 unspecified atom stereocenters. The number of esters is 1. The van der Waals surface area contributed by atoms with Crippen LogP contribution in [0, 0.1) is 0 Å². The number of rotatable bonds is 5. The smallest absolute Gasteiger partial charge is 0.322 e. The fraction of sp³-hybridized carbons (Fsp3) is 0.417. The largest absolute Gasteiger partial charge is 0.465 e. The monoisotopic (exact) mass is 275 g/mol. The van der Waals surface area contributed by atoms with Gasteiger partial charge in [0.15, 0.2) is 0 Å². The third kappa shape index (κ3) is 4.54. The van der Waals surface area contributed by atoms with Gasteiger partial charge < -0.3 is 10.1 Å². The summed E-state index contributed by atoms with van der Waals surface area (Å²) in [5.41, 5.74) is 0.968. The van der Waals surface area contributed by atoms with Crippen LogP contribution in [0.25, 0.3) is 0 Å². The fourth-order valence-corrected chi connectivity index (χ4v) is 1.59. The summed E-state index contributed by atoms with van der Waals surface area (Å²) in [6.07, 6.45) is 0. The first-order valence-electron chi connectivity index (χ1n) is 5.38. The highest BCUT2D eigenvalue weighted by molar-refractivity contribution is 6.42. The van der Waals surface area contributed by atoms with Crippen LogP contribution in [0.2, 0.25) is 10.0 Å². The summed E-state index contributed by atoms with van der Waals surface area (Å²) in [6, 6.07) is 5.02. The minimum Gasteiger partial charge on any atom is -0.465 e. The van der Waals surface area contributed by atoms with Gasteiger partial charge in [-0.3, -0.25) is 4.79 Å². The van der Waals surface area contributed by atoms with Gasteiger partial charge in [-0.05, 0) is 31.5 Å². The van der Waals surface area contributed by atoms with Gasteiger partial charge in [-0.1, -0.05) is 29.3 Å². The maximum Gasteiger partial charge on any atom is 0.322 e. The van der Waals surface area contributed by atoms with E-state index in [0.29, 0.717) is 23.2 Å². The molecule has 0 saturated carbocycles. The van der Waals surface area contributed by atoms with Gasteiger partial charge in [-0.15, -0.1) is 0 Å². The van der Waals surface area contributed by atoms with Crippen molar-refractivity contribution in [2.75, 3.05) is 6.61 Å². The normalized spacial score (nSPS) is 12.2. The Kier molecular flexibility index (Phi) is 5.75. The molecule has 5 heteroatoms. The van der Waals surface area contributed by atoms with Crippen LogP contribution in [0.15, 0.2) is 18.2 Å². The number of carbonyl (C=O) groups excluding carboxylic acids is 1. The van der Waals surface area contributed by atoms with Crippen LogP contribution in [-0.2, 0) is 16.1 Å². The van der Waals surface area contributed by atoms with Crippen LogP contribution in [0.4, 0.5) is 0 Å². The van der Waals surface area contributed by atoms with Gasteiger partial charge in [0.1, 0.15) is 6.04 Å². The highest BCUT2D eigenvalue weighted by Gasteiger charge is 2.12. The Morgan fingerprint density at radius 2 is 2.12 bits per heavy atom. The van der Waals surface area contributed by atoms with Crippen molar-refractivity contribution < 1.29 is 9.53 Å². The molecular formula is C12H15Cl2NO2. The van der Waals surface area contributed by atoms with Crippen LogP contribution in [0.3, 0.4) is 0 Å². The molecule has 0 saturated heterocycles. The molecule has 0 aliphatic rings. The molecule has 0 amide bonds. The average molecular weight is 276 g/mol. The minimum atomic E-state index is -0.343. The highest BCUT2D eigenvalue weighted by Crippen LogP contribution is 2.22. The van der Waals surface area contributed by atoms with Crippen LogP contribution in [-0.4, -0.2) is 18.6 Å². The van der Waals surface area contributed by atoms with Gasteiger partial charge in [-0.2, -0.15) is 0 Å². The average Bonchev–Trinajstić information content (AvgIpc) is 2.30. The quantitative estimate of drug-likeness (QED) is 0.840. The first-order valence-corrected chi connectivity index (χ1v) is 6.14. The molecule has 1 N–H and O–H groups in total. The summed E-state index contributed by atoms with van der Waals surface area (Å²) in [5.74, 6) is -0.257. The van der Waals surface area contributed by atoms with Gasteiger partial charge in [-0.25, -0.2) is 0 Å². The Balaban J connectivity index is 2.50. The second kappa shape index (κ2) is 6.84. The van der Waals surface area contributed by atoms with Crippen molar-refractivity contribution in [2.45, 2.75) is 26.4 Å². The summed E-state index contributed by atoms with van der Waals surface area (Å²) >= 11 is 11.7. The van der Waals surface area contributed by atoms with E-state index in [9.17, 15) is 4.79 Å². The summed E-state index contributed by atoms with van der Waals surface area (Å²) in [5, 5.41) is 4.09. The van der Waals surface area contributed by atoms with E-state index >= 15 is 0 Å². The van der Waals surface area contributed by atoms with Crippen molar-refractivity contribution in [3.63, 3.8) is 0 Å². The lowest BCUT2D eigenvalue weighted by Crippen LogP contribution is -2.34. The van der Waals surface area contributed by atoms with Crippen molar-refractivity contribution >= 4 is 29.2 Å². The van der Waals surface area contributed by atoms with E-state index in [2.05, 4.69) is 5.32 Å². The third-order valence-corrected chi connectivity index (χ3v) is 2.98. The van der Waals surface area contributed by atoms with Crippen LogP contribution in [0.1, 0.15) is 19.4 Å². The number of hydrogen-bond acceptors (Lipinski definition) is 3. The molecule has 0 aliphatic heterocycles. The summed E-state index contributed by atoms with van der Waals surface area (Å²) in [6.45, 7) is 4.47. The number of halogens is 2. The van der Waals surface area contributed by atoms with Gasteiger partial charge in [0.2, 0.25) is 0 Å². The standard InChI is InChI=1S/C12H15Cl2NO2/c1-3-17-12(16)8(2)15-7-9-4-5-10(13)11(14)6-9/h4-6,8,15H,3,7H2,1-2H3. The molecule has 0 heterocycles. The molecule has 0 aromatic heterocycles. The lowest BCUT2D eigenvalue weighted by Gasteiger charge is -2.12. The fourth-order valence-electron chi connectivity index (χ4n) is 1.27. The van der Waals surface area contributed by atoms with Gasteiger partial charge in [0, 0.05) is 6.54 Å². The van der Waals surface area contributed by atoms with Crippen molar-refractivity contribution in [2.24, 2.45) is 0 Å². The van der Waals surface area contributed by atoms with Crippen molar-refractivity contribution in [1.82, 2.24) is 5.32 Å². The number of carbonyl (C=O) groups is 1. The Morgan fingerprint density at radius 3 is 2.71 bits per heavy atom. The van der Waals surface area contributed by atoms with E-state index in [1.54, 1.807) is 26.0 Å². The number of hydrogen-bond donors (Lipinski definition) is 1. The third-order valence-electron chi connectivity index (χ3n) is 2.24. The van der Waals surface area contributed by atoms with E-state index in [0.717, 1.165) is 5.56 Å². The van der Waals surface area contributed by atoms with E-state index in [4.69, 9.17) is 27.9 Å². The summed E-state index contributed by atoms with van der Waals surface area (Å²) in [7, 11) is 0. The Morgan fingerprint density at radius 1 is 1.41 bits per heavy atom. The van der Waals surface area contributed by atoms with E-state index in [1.165, 1.54) is 0 Å². The Hall–Kier alpha value is -0.770. The predicted molar refractivity (Wildman–Crippen MR) is 69.4 cm³/mol. The molecule has 1 rings (SSSR count). The minimum absolute atomic E-state index is 0.257. The molecule has 0 bridgehead atoms. The molecule has 0 aliphatic carbocycles. The highest BCUT2D eigenvalue weighted by atomic mass is 35.5. The van der Waals surface area contributed by atoms with E-state index < -0.39 is 0 Å². The topological polar surface area (TPSA) is 38.3 Å². The van der Waals surface area contributed by atoms with E-state index in [-0.39, 0.29) is 12.0 Å². The molecule has 3 nitrogen and oxygen atoms in total. The lowest BCUT2D eigenvalue weighted by molar-refractivity contribution is -0.145. The first-order chi connectivity index (χ1) is 8.04. The molecule has 94 valence electrons. The number of benzene rings is 1. The second-order valence-corrected chi connectivity index (χ2v) is 4.42. The van der Waals surface area contributed by atoms with Crippen LogP contribution in [0.5, 0.6) is 0 Å². The summed E-state index contributed by atoms with van der Waals surface area (Å²) < 4.78 is 4.89. The molecule has 0 radical (unpaired) electrons. The zero-order chi connectivity index (χ0) is 12.8. The molecular weight excluding hydrogens is 261 g/mol. The molecule has 17 heavy (non-hydrogen) atoms. The second-order valence-electron chi connectivity index (χ2n) is 3.60. The van der Waals surface area contributed by atoms with E-state index in [1.807, 2.05) is 6.07 Å². The molecule has 1 aromatic carbocycles. The molecule has 0 spiro atoms. The molecule has 1 aromatic rings. The molecule has 1 atom stereocenters. The van der Waals surface area contributed by atoms with Crippen molar-refractivity contribution in [3.05, 3.63) is 33.8 Å². The zero-order valence-electron chi connectivity index (χ0n) is 9.80.